The zero-order chi connectivity index (χ0) is 13.0. The zero-order valence-electron chi connectivity index (χ0n) is 10.2. The molecule has 0 bridgehead atoms. The lowest BCUT2D eigenvalue weighted by Crippen LogP contribution is -2.35. The van der Waals surface area contributed by atoms with Crippen LogP contribution in [0.5, 0.6) is 0 Å². The van der Waals surface area contributed by atoms with Gasteiger partial charge in [0.2, 0.25) is 5.56 Å². The second-order valence-electron chi connectivity index (χ2n) is 4.57. The minimum Gasteiger partial charge on any atom is -0.336 e. The van der Waals surface area contributed by atoms with Gasteiger partial charge in [-0.2, -0.15) is 0 Å². The number of alkyl halides is 1. The number of carbonyl (C=O) groups is 1. The SMILES string of the molecule is O=C(c1ccc(=O)[nH]c1)N1CCCC1CCCCl. The number of hydrogen-bond donors (Lipinski definition) is 1. The summed E-state index contributed by atoms with van der Waals surface area (Å²) in [6.07, 6.45) is 5.47. The zero-order valence-corrected chi connectivity index (χ0v) is 10.9. The third-order valence-electron chi connectivity index (χ3n) is 3.34. The Morgan fingerprint density at radius 1 is 1.50 bits per heavy atom. The summed E-state index contributed by atoms with van der Waals surface area (Å²) in [5.41, 5.74) is 0.360. The normalized spacial score (nSPS) is 19.2. The molecule has 0 spiro atoms. The van der Waals surface area contributed by atoms with E-state index in [0.717, 1.165) is 32.2 Å². The number of aromatic amines is 1. The minimum absolute atomic E-state index is 0.00308. The molecule has 1 saturated heterocycles. The lowest BCUT2D eigenvalue weighted by Gasteiger charge is -2.24. The maximum atomic E-state index is 12.3. The number of aromatic nitrogens is 1. The third kappa shape index (κ3) is 2.93. The number of likely N-dealkylation sites (tertiary alicyclic amines) is 1. The minimum atomic E-state index is -0.188. The fraction of sp³-hybridized carbons (Fsp3) is 0.538. The van der Waals surface area contributed by atoms with Gasteiger partial charge < -0.3 is 9.88 Å². The Kier molecular flexibility index (Phi) is 4.42. The van der Waals surface area contributed by atoms with Crippen LogP contribution < -0.4 is 5.56 Å². The molecule has 1 aliphatic heterocycles. The molecule has 98 valence electrons. The number of carbonyl (C=O) groups excluding carboxylic acids is 1. The Morgan fingerprint density at radius 3 is 3.00 bits per heavy atom. The van der Waals surface area contributed by atoms with Crippen molar-refractivity contribution in [3.63, 3.8) is 0 Å². The summed E-state index contributed by atoms with van der Waals surface area (Å²) in [6.45, 7) is 0.797. The number of nitrogens with one attached hydrogen (secondary N) is 1. The average Bonchev–Trinajstić information content (AvgIpc) is 2.84. The number of amides is 1. The Hall–Kier alpha value is -1.29. The lowest BCUT2D eigenvalue weighted by atomic mass is 10.1. The molecular weight excluding hydrogens is 252 g/mol. The van der Waals surface area contributed by atoms with Gasteiger partial charge in [0.05, 0.1) is 5.56 Å². The van der Waals surface area contributed by atoms with E-state index in [9.17, 15) is 9.59 Å². The van der Waals surface area contributed by atoms with Gasteiger partial charge in [-0.15, -0.1) is 11.6 Å². The molecule has 1 amide bonds. The van der Waals surface area contributed by atoms with Crippen LogP contribution in [0.3, 0.4) is 0 Å². The second kappa shape index (κ2) is 6.05. The number of rotatable bonds is 4. The van der Waals surface area contributed by atoms with Gasteiger partial charge in [-0.05, 0) is 31.7 Å². The maximum absolute atomic E-state index is 12.3. The molecule has 1 fully saturated rings. The lowest BCUT2D eigenvalue weighted by molar-refractivity contribution is 0.0729. The Balaban J connectivity index is 2.07. The van der Waals surface area contributed by atoms with Gasteiger partial charge in [0.15, 0.2) is 0 Å². The average molecular weight is 269 g/mol. The summed E-state index contributed by atoms with van der Waals surface area (Å²) >= 11 is 5.70. The first kappa shape index (κ1) is 13.1. The number of halogens is 1. The molecule has 1 aromatic rings. The smallest absolute Gasteiger partial charge is 0.255 e. The number of pyridine rings is 1. The van der Waals surface area contributed by atoms with Gasteiger partial charge in [0, 0.05) is 30.7 Å². The van der Waals surface area contributed by atoms with Crippen LogP contribution in [0.4, 0.5) is 0 Å². The van der Waals surface area contributed by atoms with E-state index in [0.29, 0.717) is 17.5 Å². The number of H-pyrrole nitrogens is 1. The van der Waals surface area contributed by atoms with Crippen molar-refractivity contribution >= 4 is 17.5 Å². The van der Waals surface area contributed by atoms with Crippen LogP contribution in [-0.2, 0) is 0 Å². The van der Waals surface area contributed by atoms with E-state index in [2.05, 4.69) is 4.98 Å². The summed E-state index contributed by atoms with van der Waals surface area (Å²) in [4.78, 5) is 27.7. The predicted octanol–water partition coefficient (Wildman–Crippen LogP) is 2.00. The van der Waals surface area contributed by atoms with Crippen molar-refractivity contribution < 1.29 is 4.79 Å². The largest absolute Gasteiger partial charge is 0.336 e. The van der Waals surface area contributed by atoms with E-state index in [1.807, 2.05) is 4.90 Å². The van der Waals surface area contributed by atoms with Crippen LogP contribution in [0.2, 0.25) is 0 Å². The highest BCUT2D eigenvalue weighted by atomic mass is 35.5. The van der Waals surface area contributed by atoms with E-state index in [4.69, 9.17) is 11.6 Å². The molecule has 2 heterocycles. The van der Waals surface area contributed by atoms with Crippen molar-refractivity contribution in [2.24, 2.45) is 0 Å². The summed E-state index contributed by atoms with van der Waals surface area (Å²) in [7, 11) is 0. The molecule has 0 aliphatic carbocycles. The van der Waals surface area contributed by atoms with Gasteiger partial charge >= 0.3 is 0 Å². The summed E-state index contributed by atoms with van der Waals surface area (Å²) in [5, 5.41) is 0. The predicted molar refractivity (Wildman–Crippen MR) is 71.1 cm³/mol. The van der Waals surface area contributed by atoms with Crippen LogP contribution in [0.1, 0.15) is 36.0 Å². The fourth-order valence-electron chi connectivity index (χ4n) is 2.43. The van der Waals surface area contributed by atoms with Gasteiger partial charge in [-0.3, -0.25) is 9.59 Å². The highest BCUT2D eigenvalue weighted by molar-refractivity contribution is 6.17. The molecule has 1 atom stereocenters. The quantitative estimate of drug-likeness (QED) is 0.849. The molecule has 2 rings (SSSR count). The molecule has 1 N–H and O–H groups in total. The van der Waals surface area contributed by atoms with Crippen molar-refractivity contribution in [3.05, 3.63) is 34.2 Å². The third-order valence-corrected chi connectivity index (χ3v) is 3.61. The molecule has 0 radical (unpaired) electrons. The molecule has 18 heavy (non-hydrogen) atoms. The first-order valence-corrected chi connectivity index (χ1v) is 6.81. The summed E-state index contributed by atoms with van der Waals surface area (Å²) in [6, 6.07) is 3.26. The Bertz CT molecular complexity index is 452. The highest BCUT2D eigenvalue weighted by Crippen LogP contribution is 2.23. The molecule has 0 aromatic carbocycles. The molecule has 0 saturated carbocycles. The van der Waals surface area contributed by atoms with Crippen LogP contribution in [0.15, 0.2) is 23.1 Å². The molecule has 4 nitrogen and oxygen atoms in total. The topological polar surface area (TPSA) is 53.2 Å². The van der Waals surface area contributed by atoms with Gasteiger partial charge in [-0.1, -0.05) is 0 Å². The van der Waals surface area contributed by atoms with Crippen molar-refractivity contribution in [1.29, 1.82) is 0 Å². The Labute approximate surface area is 111 Å². The van der Waals surface area contributed by atoms with Crippen LogP contribution >= 0.6 is 11.6 Å². The van der Waals surface area contributed by atoms with E-state index >= 15 is 0 Å². The van der Waals surface area contributed by atoms with E-state index in [1.165, 1.54) is 12.3 Å². The maximum Gasteiger partial charge on any atom is 0.255 e. The first-order chi connectivity index (χ1) is 8.72. The molecule has 1 aromatic heterocycles. The van der Waals surface area contributed by atoms with Gasteiger partial charge in [0.25, 0.3) is 5.91 Å². The molecular formula is C13H17ClN2O2. The van der Waals surface area contributed by atoms with E-state index < -0.39 is 0 Å². The van der Waals surface area contributed by atoms with Crippen molar-refractivity contribution in [1.82, 2.24) is 9.88 Å². The monoisotopic (exact) mass is 268 g/mol. The number of nitrogens with zero attached hydrogens (tertiary/aromatic N) is 1. The summed E-state index contributed by atoms with van der Waals surface area (Å²) < 4.78 is 0. The van der Waals surface area contributed by atoms with Crippen LogP contribution in [0, 0.1) is 0 Å². The molecule has 1 unspecified atom stereocenters. The van der Waals surface area contributed by atoms with Crippen molar-refractivity contribution in [2.75, 3.05) is 12.4 Å². The Morgan fingerprint density at radius 2 is 2.33 bits per heavy atom. The fourth-order valence-corrected chi connectivity index (χ4v) is 2.58. The van der Waals surface area contributed by atoms with E-state index in [-0.39, 0.29) is 11.5 Å². The molecule has 5 heteroatoms. The first-order valence-electron chi connectivity index (χ1n) is 6.28. The summed E-state index contributed by atoms with van der Waals surface area (Å²) in [5.74, 6) is 0.639. The standard InChI is InChI=1S/C13H17ClN2O2/c14-7-1-3-11-4-2-8-16(11)13(18)10-5-6-12(17)15-9-10/h5-6,9,11H,1-4,7-8H2,(H,15,17). The van der Waals surface area contributed by atoms with Crippen LogP contribution in [0.25, 0.3) is 0 Å². The van der Waals surface area contributed by atoms with Gasteiger partial charge in [-0.25, -0.2) is 0 Å². The van der Waals surface area contributed by atoms with Crippen molar-refractivity contribution in [2.45, 2.75) is 31.7 Å². The highest BCUT2D eigenvalue weighted by Gasteiger charge is 2.28. The molecule has 1 aliphatic rings. The van der Waals surface area contributed by atoms with Crippen molar-refractivity contribution in [3.8, 4) is 0 Å². The van der Waals surface area contributed by atoms with Gasteiger partial charge in [0.1, 0.15) is 0 Å². The second-order valence-corrected chi connectivity index (χ2v) is 4.95. The van der Waals surface area contributed by atoms with E-state index in [1.54, 1.807) is 6.07 Å². The number of hydrogen-bond acceptors (Lipinski definition) is 2. The van der Waals surface area contributed by atoms with Crippen LogP contribution in [-0.4, -0.2) is 34.3 Å².